The smallest absolute Gasteiger partial charge is 0.0733 e. The first kappa shape index (κ1) is 13.4. The van der Waals surface area contributed by atoms with Gasteiger partial charge in [0, 0.05) is 24.9 Å². The quantitative estimate of drug-likeness (QED) is 0.703. The lowest BCUT2D eigenvalue weighted by Crippen LogP contribution is -2.05. The second kappa shape index (κ2) is 8.48. The minimum atomic E-state index is 0.675. The number of thioether (sulfide) groups is 1. The first-order chi connectivity index (χ1) is 7.88. The van der Waals surface area contributed by atoms with Gasteiger partial charge in [0.25, 0.3) is 0 Å². The van der Waals surface area contributed by atoms with E-state index in [1.807, 2.05) is 17.8 Å². The molecule has 2 nitrogen and oxygen atoms in total. The molecule has 16 heavy (non-hydrogen) atoms. The van der Waals surface area contributed by atoms with E-state index in [0.29, 0.717) is 6.61 Å². The molecule has 0 aliphatic carbocycles. The van der Waals surface area contributed by atoms with Crippen LogP contribution in [0.3, 0.4) is 0 Å². The second-order valence-electron chi connectivity index (χ2n) is 3.72. The van der Waals surface area contributed by atoms with Crippen molar-refractivity contribution in [1.29, 1.82) is 0 Å². The highest BCUT2D eigenvalue weighted by Crippen LogP contribution is 2.15. The number of para-hydroxylation sites is 1. The van der Waals surface area contributed by atoms with Crippen molar-refractivity contribution in [3.05, 3.63) is 29.8 Å². The lowest BCUT2D eigenvalue weighted by Gasteiger charge is -2.11. The Balaban J connectivity index is 2.34. The van der Waals surface area contributed by atoms with Crippen molar-refractivity contribution in [3.8, 4) is 0 Å². The molecule has 0 bridgehead atoms. The molecule has 0 saturated carbocycles. The third kappa shape index (κ3) is 4.90. The van der Waals surface area contributed by atoms with Gasteiger partial charge >= 0.3 is 0 Å². The molecule has 3 heteroatoms. The summed E-state index contributed by atoms with van der Waals surface area (Å²) in [6, 6.07) is 8.33. The van der Waals surface area contributed by atoms with Crippen LogP contribution in [0.1, 0.15) is 18.4 Å². The summed E-state index contributed by atoms with van der Waals surface area (Å²) in [5.41, 5.74) is 2.43. The van der Waals surface area contributed by atoms with Crippen LogP contribution in [0.15, 0.2) is 24.3 Å². The van der Waals surface area contributed by atoms with E-state index in [4.69, 9.17) is 4.74 Å². The largest absolute Gasteiger partial charge is 0.385 e. The number of unbranched alkanes of at least 4 members (excludes halogenated alkanes) is 1. The molecule has 0 fully saturated rings. The normalized spacial score (nSPS) is 10.4. The summed E-state index contributed by atoms with van der Waals surface area (Å²) < 4.78 is 5.17. The molecule has 0 aliphatic heterocycles. The molecule has 0 aromatic heterocycles. The summed E-state index contributed by atoms with van der Waals surface area (Å²) in [5, 5.41) is 3.47. The number of methoxy groups -OCH3 is 1. The minimum absolute atomic E-state index is 0.675. The molecule has 90 valence electrons. The number of hydrogen-bond donors (Lipinski definition) is 1. The maximum Gasteiger partial charge on any atom is 0.0733 e. The molecule has 0 radical (unpaired) electrons. The Kier molecular flexibility index (Phi) is 7.10. The lowest BCUT2D eigenvalue weighted by atomic mass is 10.2. The Bertz CT molecular complexity index is 291. The van der Waals surface area contributed by atoms with Crippen LogP contribution in [0, 0.1) is 0 Å². The van der Waals surface area contributed by atoms with Crippen LogP contribution >= 0.6 is 11.8 Å². The van der Waals surface area contributed by atoms with Gasteiger partial charge in [0.2, 0.25) is 0 Å². The number of anilines is 1. The second-order valence-corrected chi connectivity index (χ2v) is 4.70. The van der Waals surface area contributed by atoms with Crippen LogP contribution in [-0.4, -0.2) is 25.7 Å². The molecule has 0 saturated heterocycles. The van der Waals surface area contributed by atoms with E-state index in [0.717, 1.165) is 6.54 Å². The average Bonchev–Trinajstić information content (AvgIpc) is 2.31. The fourth-order valence-electron chi connectivity index (χ4n) is 1.57. The topological polar surface area (TPSA) is 21.3 Å². The van der Waals surface area contributed by atoms with Crippen LogP contribution in [-0.2, 0) is 11.3 Å². The van der Waals surface area contributed by atoms with Crippen LogP contribution in [0.25, 0.3) is 0 Å². The maximum absolute atomic E-state index is 5.17. The van der Waals surface area contributed by atoms with Gasteiger partial charge in [0.15, 0.2) is 0 Å². The average molecular weight is 239 g/mol. The van der Waals surface area contributed by atoms with E-state index in [9.17, 15) is 0 Å². The van der Waals surface area contributed by atoms with Gasteiger partial charge in [-0.3, -0.25) is 0 Å². The first-order valence-corrected chi connectivity index (χ1v) is 7.07. The van der Waals surface area contributed by atoms with E-state index in [2.05, 4.69) is 29.8 Å². The summed E-state index contributed by atoms with van der Waals surface area (Å²) in [5.74, 6) is 1.25. The standard InChI is InChI=1S/C13H21NOS/c1-15-11-12-7-3-4-8-13(12)14-9-5-6-10-16-2/h3-4,7-8,14H,5-6,9-11H2,1-2H3. The molecule has 0 spiro atoms. The van der Waals surface area contributed by atoms with Crippen molar-refractivity contribution in [3.63, 3.8) is 0 Å². The monoisotopic (exact) mass is 239 g/mol. The molecule has 1 N–H and O–H groups in total. The summed E-state index contributed by atoms with van der Waals surface area (Å²) in [7, 11) is 1.73. The third-order valence-corrected chi connectivity index (χ3v) is 3.10. The molecule has 0 atom stereocenters. The summed E-state index contributed by atoms with van der Waals surface area (Å²) >= 11 is 1.91. The zero-order chi connectivity index (χ0) is 11.6. The number of ether oxygens (including phenoxy) is 1. The van der Waals surface area contributed by atoms with Crippen LogP contribution in [0.5, 0.6) is 0 Å². The highest BCUT2D eigenvalue weighted by molar-refractivity contribution is 7.98. The summed E-state index contributed by atoms with van der Waals surface area (Å²) in [6.07, 6.45) is 4.66. The molecule has 0 unspecified atom stereocenters. The van der Waals surface area contributed by atoms with E-state index in [1.54, 1.807) is 7.11 Å². The van der Waals surface area contributed by atoms with E-state index >= 15 is 0 Å². The Labute approximate surface area is 103 Å². The van der Waals surface area contributed by atoms with Gasteiger partial charge in [0.05, 0.1) is 6.61 Å². The van der Waals surface area contributed by atoms with Crippen LogP contribution in [0.4, 0.5) is 5.69 Å². The fraction of sp³-hybridized carbons (Fsp3) is 0.538. The first-order valence-electron chi connectivity index (χ1n) is 5.68. The predicted octanol–water partition coefficient (Wildman–Crippen LogP) is 3.39. The van der Waals surface area contributed by atoms with E-state index in [-0.39, 0.29) is 0 Å². The minimum Gasteiger partial charge on any atom is -0.385 e. The van der Waals surface area contributed by atoms with Gasteiger partial charge < -0.3 is 10.1 Å². The van der Waals surface area contributed by atoms with E-state index < -0.39 is 0 Å². The van der Waals surface area contributed by atoms with Crippen molar-refractivity contribution in [2.45, 2.75) is 19.4 Å². The number of benzene rings is 1. The molecule has 1 rings (SSSR count). The van der Waals surface area contributed by atoms with Crippen molar-refractivity contribution in [2.75, 3.05) is 31.0 Å². The van der Waals surface area contributed by atoms with Gasteiger partial charge in [-0.15, -0.1) is 0 Å². The molecule has 0 heterocycles. The van der Waals surface area contributed by atoms with Gasteiger partial charge in [-0.05, 0) is 30.9 Å². The van der Waals surface area contributed by atoms with Crippen molar-refractivity contribution in [2.24, 2.45) is 0 Å². The molecule has 0 aliphatic rings. The van der Waals surface area contributed by atoms with Crippen LogP contribution in [0.2, 0.25) is 0 Å². The van der Waals surface area contributed by atoms with Crippen molar-refractivity contribution in [1.82, 2.24) is 0 Å². The SMILES string of the molecule is COCc1ccccc1NCCCCSC. The van der Waals surface area contributed by atoms with E-state index in [1.165, 1.54) is 29.8 Å². The van der Waals surface area contributed by atoms with Crippen molar-refractivity contribution < 1.29 is 4.74 Å². The molecule has 1 aromatic carbocycles. The summed E-state index contributed by atoms with van der Waals surface area (Å²) in [4.78, 5) is 0. The Morgan fingerprint density at radius 3 is 2.81 bits per heavy atom. The fourth-order valence-corrected chi connectivity index (χ4v) is 2.06. The lowest BCUT2D eigenvalue weighted by molar-refractivity contribution is 0.185. The molecular formula is C13H21NOS. The Hall–Kier alpha value is -0.670. The van der Waals surface area contributed by atoms with Crippen LogP contribution < -0.4 is 5.32 Å². The Morgan fingerprint density at radius 2 is 2.06 bits per heavy atom. The zero-order valence-electron chi connectivity index (χ0n) is 10.2. The van der Waals surface area contributed by atoms with Crippen molar-refractivity contribution >= 4 is 17.4 Å². The maximum atomic E-state index is 5.17. The van der Waals surface area contributed by atoms with Gasteiger partial charge in [-0.2, -0.15) is 11.8 Å². The zero-order valence-corrected chi connectivity index (χ0v) is 11.0. The predicted molar refractivity (Wildman–Crippen MR) is 73.3 cm³/mol. The van der Waals surface area contributed by atoms with Gasteiger partial charge in [0.1, 0.15) is 0 Å². The Morgan fingerprint density at radius 1 is 1.25 bits per heavy atom. The number of nitrogens with one attached hydrogen (secondary N) is 1. The highest BCUT2D eigenvalue weighted by Gasteiger charge is 1.99. The van der Waals surface area contributed by atoms with Gasteiger partial charge in [-0.25, -0.2) is 0 Å². The van der Waals surface area contributed by atoms with Gasteiger partial charge in [-0.1, -0.05) is 18.2 Å². The highest BCUT2D eigenvalue weighted by atomic mass is 32.2. The number of hydrogen-bond acceptors (Lipinski definition) is 3. The molecule has 1 aromatic rings. The molecular weight excluding hydrogens is 218 g/mol. The number of rotatable bonds is 8. The summed E-state index contributed by atoms with van der Waals surface area (Å²) in [6.45, 7) is 1.72. The molecule has 0 amide bonds. The third-order valence-electron chi connectivity index (χ3n) is 2.41.